The summed E-state index contributed by atoms with van der Waals surface area (Å²) in [4.78, 5) is 0. The van der Waals surface area contributed by atoms with Gasteiger partial charge in [0.25, 0.3) is 0 Å². The smallest absolute Gasteiger partial charge is 0.181 e. The molecule has 0 aliphatic heterocycles. The predicted octanol–water partition coefficient (Wildman–Crippen LogP) is 5.69. The number of para-hydroxylation sites is 1. The molecular weight excluding hydrogens is 330 g/mol. The van der Waals surface area contributed by atoms with Crippen LogP contribution in [-0.4, -0.2) is 0 Å². The van der Waals surface area contributed by atoms with Crippen LogP contribution in [0.5, 0.6) is 11.5 Å². The minimum Gasteiger partial charge on any atom is -0.453 e. The molecule has 0 aromatic heterocycles. The summed E-state index contributed by atoms with van der Waals surface area (Å²) in [5, 5.41) is 0.697. The van der Waals surface area contributed by atoms with Crippen LogP contribution in [0.1, 0.15) is 0 Å². The number of rotatable bonds is 2. The van der Waals surface area contributed by atoms with E-state index in [-0.39, 0.29) is 10.8 Å². The van der Waals surface area contributed by atoms with Crippen LogP contribution in [0.2, 0.25) is 10.0 Å². The van der Waals surface area contributed by atoms with Crippen molar-refractivity contribution in [2.45, 2.75) is 0 Å². The van der Waals surface area contributed by atoms with E-state index in [1.807, 2.05) is 0 Å². The highest BCUT2D eigenvalue weighted by atomic mass is 79.9. The van der Waals surface area contributed by atoms with Crippen LogP contribution in [0.3, 0.4) is 0 Å². The number of ether oxygens (including phenoxy) is 1. The highest BCUT2D eigenvalue weighted by Gasteiger charge is 2.10. The molecule has 0 unspecified atom stereocenters. The zero-order valence-corrected chi connectivity index (χ0v) is 11.5. The van der Waals surface area contributed by atoms with Crippen LogP contribution < -0.4 is 4.74 Å². The first-order valence-electron chi connectivity index (χ1n) is 4.64. The topological polar surface area (TPSA) is 9.23 Å². The van der Waals surface area contributed by atoms with Crippen molar-refractivity contribution in [1.29, 1.82) is 0 Å². The monoisotopic (exact) mass is 334 g/mol. The van der Waals surface area contributed by atoms with Crippen LogP contribution in [0, 0.1) is 5.82 Å². The Bertz CT molecular complexity index is 520. The minimum atomic E-state index is -0.520. The van der Waals surface area contributed by atoms with Crippen LogP contribution >= 0.6 is 39.1 Å². The molecule has 5 heteroatoms. The first-order chi connectivity index (χ1) is 8.06. The number of hydrogen-bond donors (Lipinski definition) is 0. The summed E-state index contributed by atoms with van der Waals surface area (Å²) in [5.74, 6) is -0.117. The average molecular weight is 336 g/mol. The fourth-order valence-electron chi connectivity index (χ4n) is 1.29. The van der Waals surface area contributed by atoms with E-state index in [4.69, 9.17) is 27.9 Å². The quantitative estimate of drug-likeness (QED) is 0.685. The normalized spacial score (nSPS) is 10.4. The van der Waals surface area contributed by atoms with Gasteiger partial charge in [0.2, 0.25) is 0 Å². The molecule has 0 aliphatic rings. The SMILES string of the molecule is Fc1cccc(Cl)c1Oc1cc(Cl)cc(Br)c1. The van der Waals surface area contributed by atoms with Crippen molar-refractivity contribution in [3.8, 4) is 11.5 Å². The fourth-order valence-corrected chi connectivity index (χ4v) is 2.32. The second kappa shape index (κ2) is 5.25. The van der Waals surface area contributed by atoms with Crippen molar-refractivity contribution < 1.29 is 9.13 Å². The molecule has 0 spiro atoms. The van der Waals surface area contributed by atoms with Gasteiger partial charge in [-0.25, -0.2) is 4.39 Å². The van der Waals surface area contributed by atoms with Crippen molar-refractivity contribution in [2.75, 3.05) is 0 Å². The zero-order valence-electron chi connectivity index (χ0n) is 8.38. The molecule has 2 rings (SSSR count). The molecule has 2 aromatic rings. The van der Waals surface area contributed by atoms with Gasteiger partial charge in [0.15, 0.2) is 11.6 Å². The van der Waals surface area contributed by atoms with E-state index in [9.17, 15) is 4.39 Å². The lowest BCUT2D eigenvalue weighted by Crippen LogP contribution is -1.89. The molecule has 0 fully saturated rings. The number of benzene rings is 2. The Hall–Kier alpha value is -0.770. The van der Waals surface area contributed by atoms with Crippen molar-refractivity contribution in [1.82, 2.24) is 0 Å². The van der Waals surface area contributed by atoms with Gasteiger partial charge in [-0.3, -0.25) is 0 Å². The van der Waals surface area contributed by atoms with Crippen molar-refractivity contribution in [3.05, 3.63) is 56.7 Å². The van der Waals surface area contributed by atoms with E-state index in [1.165, 1.54) is 12.1 Å². The first kappa shape index (κ1) is 12.7. The second-order valence-corrected chi connectivity index (χ2v) is 5.02. The molecule has 88 valence electrons. The third-order valence-corrected chi connectivity index (χ3v) is 2.95. The molecule has 0 saturated heterocycles. The molecule has 0 aliphatic carbocycles. The zero-order chi connectivity index (χ0) is 12.4. The van der Waals surface area contributed by atoms with Crippen molar-refractivity contribution >= 4 is 39.1 Å². The lowest BCUT2D eigenvalue weighted by atomic mass is 10.3. The van der Waals surface area contributed by atoms with E-state index >= 15 is 0 Å². The summed E-state index contributed by atoms with van der Waals surface area (Å²) in [6.07, 6.45) is 0. The summed E-state index contributed by atoms with van der Waals surface area (Å²) < 4.78 is 19.6. The van der Waals surface area contributed by atoms with Crippen LogP contribution in [0.15, 0.2) is 40.9 Å². The Morgan fingerprint density at radius 2 is 1.88 bits per heavy atom. The molecule has 0 N–H and O–H groups in total. The average Bonchev–Trinajstić information content (AvgIpc) is 2.22. The third kappa shape index (κ3) is 3.12. The molecule has 17 heavy (non-hydrogen) atoms. The van der Waals surface area contributed by atoms with Gasteiger partial charge in [-0.15, -0.1) is 0 Å². The lowest BCUT2D eigenvalue weighted by molar-refractivity contribution is 0.442. The van der Waals surface area contributed by atoms with Crippen LogP contribution in [-0.2, 0) is 0 Å². The first-order valence-corrected chi connectivity index (χ1v) is 6.19. The van der Waals surface area contributed by atoms with Gasteiger partial charge in [0, 0.05) is 9.50 Å². The summed E-state index contributed by atoms with van der Waals surface area (Å²) >= 11 is 15.0. The van der Waals surface area contributed by atoms with Gasteiger partial charge in [0.1, 0.15) is 5.75 Å². The Morgan fingerprint density at radius 3 is 2.53 bits per heavy atom. The number of halogens is 4. The molecule has 0 atom stereocenters. The summed E-state index contributed by atoms with van der Waals surface area (Å²) in [5.41, 5.74) is 0. The molecule has 0 saturated carbocycles. The van der Waals surface area contributed by atoms with Gasteiger partial charge < -0.3 is 4.74 Å². The molecule has 0 heterocycles. The maximum absolute atomic E-state index is 13.5. The Labute approximate surface area is 116 Å². The van der Waals surface area contributed by atoms with Gasteiger partial charge in [0.05, 0.1) is 5.02 Å². The Kier molecular flexibility index (Phi) is 3.92. The van der Waals surface area contributed by atoms with E-state index in [1.54, 1.807) is 24.3 Å². The minimum absolute atomic E-state index is 0.0108. The maximum Gasteiger partial charge on any atom is 0.181 e. The van der Waals surface area contributed by atoms with Crippen LogP contribution in [0.25, 0.3) is 0 Å². The summed E-state index contributed by atoms with van der Waals surface area (Å²) in [6, 6.07) is 9.31. The van der Waals surface area contributed by atoms with Gasteiger partial charge in [-0.1, -0.05) is 45.2 Å². The van der Waals surface area contributed by atoms with E-state index in [0.29, 0.717) is 10.8 Å². The van der Waals surface area contributed by atoms with Gasteiger partial charge >= 0.3 is 0 Å². The predicted molar refractivity (Wildman–Crippen MR) is 70.6 cm³/mol. The highest BCUT2D eigenvalue weighted by molar-refractivity contribution is 9.10. The van der Waals surface area contributed by atoms with E-state index in [0.717, 1.165) is 4.47 Å². The summed E-state index contributed by atoms with van der Waals surface area (Å²) in [7, 11) is 0. The standard InChI is InChI=1S/C12H6BrCl2FO/c13-7-4-8(14)6-9(5-7)17-12-10(15)2-1-3-11(12)16/h1-6H. The summed E-state index contributed by atoms with van der Waals surface area (Å²) in [6.45, 7) is 0. The van der Waals surface area contributed by atoms with Gasteiger partial charge in [-0.05, 0) is 30.3 Å². The van der Waals surface area contributed by atoms with Crippen molar-refractivity contribution in [3.63, 3.8) is 0 Å². The fraction of sp³-hybridized carbons (Fsp3) is 0. The molecule has 2 aromatic carbocycles. The third-order valence-electron chi connectivity index (χ3n) is 1.97. The maximum atomic E-state index is 13.5. The Morgan fingerprint density at radius 1 is 1.12 bits per heavy atom. The lowest BCUT2D eigenvalue weighted by Gasteiger charge is -2.09. The molecular formula is C12H6BrCl2FO. The Balaban J connectivity index is 2.38. The molecule has 0 radical (unpaired) electrons. The largest absolute Gasteiger partial charge is 0.453 e. The molecule has 0 bridgehead atoms. The molecule has 0 amide bonds. The number of hydrogen-bond acceptors (Lipinski definition) is 1. The van der Waals surface area contributed by atoms with E-state index in [2.05, 4.69) is 15.9 Å². The van der Waals surface area contributed by atoms with E-state index < -0.39 is 5.82 Å². The van der Waals surface area contributed by atoms with Crippen molar-refractivity contribution in [2.24, 2.45) is 0 Å². The molecule has 1 nitrogen and oxygen atoms in total. The van der Waals surface area contributed by atoms with Crippen LogP contribution in [0.4, 0.5) is 4.39 Å². The second-order valence-electron chi connectivity index (χ2n) is 3.26. The van der Waals surface area contributed by atoms with Gasteiger partial charge in [-0.2, -0.15) is 0 Å². The highest BCUT2D eigenvalue weighted by Crippen LogP contribution is 2.34.